The van der Waals surface area contributed by atoms with Crippen LogP contribution in [-0.4, -0.2) is 73.6 Å². The molecule has 2 N–H and O–H groups in total. The summed E-state index contributed by atoms with van der Waals surface area (Å²) in [6.45, 7) is 7.59. The maximum atomic E-state index is 12.6. The average molecular weight is 359 g/mol. The zero-order valence-electron chi connectivity index (χ0n) is 15.9. The highest BCUT2D eigenvalue weighted by atomic mass is 16.2. The SMILES string of the molecule is CCN(CC)CC(=O)N(C)c1ccc(N2C[C@@H]3[C@H](N)CCN3C2=O)cc1. The number of carbonyl (C=O) groups excluding carboxylic acids is 2. The smallest absolute Gasteiger partial charge is 0.324 e. The number of anilines is 2. The van der Waals surface area contributed by atoms with Crippen molar-refractivity contribution in [2.24, 2.45) is 5.73 Å². The number of hydrogen-bond acceptors (Lipinski definition) is 4. The molecule has 2 aliphatic rings. The predicted octanol–water partition coefficient (Wildman–Crippen LogP) is 1.33. The average Bonchev–Trinajstić information content (AvgIpc) is 3.19. The lowest BCUT2D eigenvalue weighted by atomic mass is 10.1. The summed E-state index contributed by atoms with van der Waals surface area (Å²) in [5, 5.41) is 0. The van der Waals surface area contributed by atoms with Crippen LogP contribution < -0.4 is 15.5 Å². The number of urea groups is 1. The summed E-state index contributed by atoms with van der Waals surface area (Å²) >= 11 is 0. The Bertz CT molecular complexity index is 658. The number of hydrogen-bond donors (Lipinski definition) is 1. The Balaban J connectivity index is 1.67. The van der Waals surface area contributed by atoms with Crippen molar-refractivity contribution in [3.05, 3.63) is 24.3 Å². The van der Waals surface area contributed by atoms with Crippen LogP contribution in [0.25, 0.3) is 0 Å². The monoisotopic (exact) mass is 359 g/mol. The number of fused-ring (bicyclic) bond motifs is 1. The van der Waals surface area contributed by atoms with Crippen LogP contribution in [-0.2, 0) is 4.79 Å². The molecule has 2 heterocycles. The molecule has 0 saturated carbocycles. The van der Waals surface area contributed by atoms with Crippen LogP contribution in [0.1, 0.15) is 20.3 Å². The van der Waals surface area contributed by atoms with E-state index >= 15 is 0 Å². The van der Waals surface area contributed by atoms with E-state index in [1.165, 1.54) is 0 Å². The molecule has 0 aromatic heterocycles. The number of rotatable bonds is 6. The van der Waals surface area contributed by atoms with Gasteiger partial charge in [0.1, 0.15) is 0 Å². The first-order chi connectivity index (χ1) is 12.5. The van der Waals surface area contributed by atoms with Gasteiger partial charge in [-0.1, -0.05) is 13.8 Å². The Hall–Kier alpha value is -2.12. The summed E-state index contributed by atoms with van der Waals surface area (Å²) in [7, 11) is 1.79. The van der Waals surface area contributed by atoms with Crippen molar-refractivity contribution >= 4 is 23.3 Å². The topological polar surface area (TPSA) is 73.1 Å². The van der Waals surface area contributed by atoms with Gasteiger partial charge in [0.15, 0.2) is 0 Å². The second-order valence-electron chi connectivity index (χ2n) is 7.04. The largest absolute Gasteiger partial charge is 0.326 e. The molecule has 0 aliphatic carbocycles. The molecule has 2 fully saturated rings. The van der Waals surface area contributed by atoms with E-state index < -0.39 is 0 Å². The minimum Gasteiger partial charge on any atom is -0.326 e. The van der Waals surface area contributed by atoms with Crippen LogP contribution in [0.2, 0.25) is 0 Å². The van der Waals surface area contributed by atoms with Crippen molar-refractivity contribution in [3.63, 3.8) is 0 Å². The quantitative estimate of drug-likeness (QED) is 0.832. The second-order valence-corrected chi connectivity index (χ2v) is 7.04. The summed E-state index contributed by atoms with van der Waals surface area (Å²) in [5.41, 5.74) is 7.79. The number of benzene rings is 1. The Morgan fingerprint density at radius 1 is 1.23 bits per heavy atom. The Labute approximate surface area is 155 Å². The van der Waals surface area contributed by atoms with Gasteiger partial charge in [-0.2, -0.15) is 0 Å². The van der Waals surface area contributed by atoms with Crippen molar-refractivity contribution in [2.45, 2.75) is 32.4 Å². The van der Waals surface area contributed by atoms with E-state index in [1.807, 2.05) is 29.2 Å². The van der Waals surface area contributed by atoms with E-state index in [-0.39, 0.29) is 24.0 Å². The molecule has 3 amide bonds. The highest BCUT2D eigenvalue weighted by molar-refractivity contribution is 5.97. The molecular weight excluding hydrogens is 330 g/mol. The summed E-state index contributed by atoms with van der Waals surface area (Å²) in [4.78, 5) is 32.4. The van der Waals surface area contributed by atoms with Gasteiger partial charge in [-0.3, -0.25) is 14.6 Å². The molecular formula is C19H29N5O2. The molecule has 7 nitrogen and oxygen atoms in total. The Morgan fingerprint density at radius 2 is 1.88 bits per heavy atom. The van der Waals surface area contributed by atoms with Crippen LogP contribution in [0.4, 0.5) is 16.2 Å². The van der Waals surface area contributed by atoms with E-state index in [2.05, 4.69) is 18.7 Å². The fourth-order valence-electron chi connectivity index (χ4n) is 3.73. The molecule has 0 radical (unpaired) electrons. The van der Waals surface area contributed by atoms with Crippen molar-refractivity contribution in [2.75, 3.05) is 49.6 Å². The van der Waals surface area contributed by atoms with Gasteiger partial charge in [0.2, 0.25) is 5.91 Å². The first-order valence-corrected chi connectivity index (χ1v) is 9.39. The first-order valence-electron chi connectivity index (χ1n) is 9.39. The highest BCUT2D eigenvalue weighted by Crippen LogP contribution is 2.30. The minimum atomic E-state index is 0.0293. The van der Waals surface area contributed by atoms with E-state index in [1.54, 1.807) is 16.8 Å². The molecule has 2 atom stereocenters. The van der Waals surface area contributed by atoms with Gasteiger partial charge in [0, 0.05) is 37.6 Å². The summed E-state index contributed by atoms with van der Waals surface area (Å²) in [6.07, 6.45) is 0.878. The van der Waals surface area contributed by atoms with Gasteiger partial charge in [-0.05, 0) is 43.8 Å². The van der Waals surface area contributed by atoms with Crippen LogP contribution in [0.3, 0.4) is 0 Å². The fraction of sp³-hybridized carbons (Fsp3) is 0.579. The number of likely N-dealkylation sites (N-methyl/N-ethyl adjacent to an activating group) is 2. The van der Waals surface area contributed by atoms with Crippen molar-refractivity contribution in [1.29, 1.82) is 0 Å². The van der Waals surface area contributed by atoms with Gasteiger partial charge in [0.05, 0.1) is 12.6 Å². The van der Waals surface area contributed by atoms with Crippen LogP contribution >= 0.6 is 0 Å². The summed E-state index contributed by atoms with van der Waals surface area (Å²) in [6, 6.07) is 7.80. The van der Waals surface area contributed by atoms with Crippen molar-refractivity contribution < 1.29 is 9.59 Å². The van der Waals surface area contributed by atoms with Crippen LogP contribution in [0.5, 0.6) is 0 Å². The van der Waals surface area contributed by atoms with Gasteiger partial charge >= 0.3 is 6.03 Å². The molecule has 2 aliphatic heterocycles. The fourth-order valence-corrected chi connectivity index (χ4v) is 3.73. The Morgan fingerprint density at radius 3 is 2.46 bits per heavy atom. The molecule has 7 heteroatoms. The molecule has 0 spiro atoms. The Kier molecular flexibility index (Phi) is 5.48. The molecule has 1 aromatic carbocycles. The zero-order valence-corrected chi connectivity index (χ0v) is 15.9. The molecule has 142 valence electrons. The molecule has 1 aromatic rings. The van der Waals surface area contributed by atoms with E-state index in [0.717, 1.165) is 37.4 Å². The molecule has 2 saturated heterocycles. The van der Waals surface area contributed by atoms with Gasteiger partial charge in [-0.15, -0.1) is 0 Å². The van der Waals surface area contributed by atoms with E-state index in [4.69, 9.17) is 5.73 Å². The lowest BCUT2D eigenvalue weighted by Gasteiger charge is -2.24. The standard InChI is InChI=1S/C19H29N5O2/c1-4-22(5-2)13-18(25)21(3)14-6-8-15(9-7-14)24-12-17-16(20)10-11-23(17)19(24)26/h6-9,16-17H,4-5,10-13,20H2,1-3H3/t16-,17-/m1/s1. The molecule has 0 bridgehead atoms. The predicted molar refractivity (Wildman–Crippen MR) is 103 cm³/mol. The van der Waals surface area contributed by atoms with Crippen LogP contribution in [0.15, 0.2) is 24.3 Å². The van der Waals surface area contributed by atoms with E-state index in [0.29, 0.717) is 13.1 Å². The zero-order chi connectivity index (χ0) is 18.8. The van der Waals surface area contributed by atoms with E-state index in [9.17, 15) is 9.59 Å². The number of nitrogens with two attached hydrogens (primary N) is 1. The number of amides is 3. The first kappa shape index (κ1) is 18.7. The van der Waals surface area contributed by atoms with Crippen molar-refractivity contribution in [1.82, 2.24) is 9.80 Å². The van der Waals surface area contributed by atoms with Gasteiger partial charge in [-0.25, -0.2) is 4.79 Å². The third kappa shape index (κ3) is 3.41. The van der Waals surface area contributed by atoms with Crippen LogP contribution in [0, 0.1) is 0 Å². The maximum absolute atomic E-state index is 12.6. The lowest BCUT2D eigenvalue weighted by Crippen LogP contribution is -2.38. The second kappa shape index (κ2) is 7.63. The summed E-state index contributed by atoms with van der Waals surface area (Å²) in [5.74, 6) is 0.0605. The van der Waals surface area contributed by atoms with Gasteiger partial charge in [0.25, 0.3) is 0 Å². The summed E-state index contributed by atoms with van der Waals surface area (Å²) < 4.78 is 0. The van der Waals surface area contributed by atoms with Crippen molar-refractivity contribution in [3.8, 4) is 0 Å². The van der Waals surface area contributed by atoms with Gasteiger partial charge < -0.3 is 15.5 Å². The normalized spacial score (nSPS) is 22.3. The highest BCUT2D eigenvalue weighted by Gasteiger charge is 2.44. The number of nitrogens with zero attached hydrogens (tertiary/aromatic N) is 4. The lowest BCUT2D eigenvalue weighted by molar-refractivity contribution is -0.119. The minimum absolute atomic E-state index is 0.0293. The molecule has 0 unspecified atom stereocenters. The third-order valence-electron chi connectivity index (χ3n) is 5.62. The molecule has 26 heavy (non-hydrogen) atoms. The maximum Gasteiger partial charge on any atom is 0.324 e. The molecule has 3 rings (SSSR count). The number of carbonyl (C=O) groups is 2. The third-order valence-corrected chi connectivity index (χ3v) is 5.62.